The number of amides is 1. The molecule has 1 amide bonds. The average molecular weight is 431 g/mol. The lowest BCUT2D eigenvalue weighted by Crippen LogP contribution is -2.30. The Labute approximate surface area is 186 Å². The molecule has 0 spiro atoms. The van der Waals surface area contributed by atoms with E-state index in [9.17, 15) is 14.7 Å². The zero-order valence-corrected chi connectivity index (χ0v) is 18.7. The minimum absolute atomic E-state index is 0.0341. The van der Waals surface area contributed by atoms with E-state index in [1.807, 2.05) is 52.0 Å². The molecule has 4 rings (SSSR count). The number of methoxy groups -OCH3 is 1. The SMILES string of the molecule is COc1c(C)cc(C)cc1/C(O)=C1/C(=O)C(=O)N(c2ccc(C)cc2C)C1c1ccco1. The van der Waals surface area contributed by atoms with Gasteiger partial charge in [0.15, 0.2) is 0 Å². The quantitative estimate of drug-likeness (QED) is 0.351. The fourth-order valence-corrected chi connectivity index (χ4v) is 4.42. The largest absolute Gasteiger partial charge is 0.507 e. The zero-order chi connectivity index (χ0) is 23.2. The first-order chi connectivity index (χ1) is 15.2. The molecule has 1 aliphatic rings. The molecule has 1 aromatic heterocycles. The molecule has 3 aromatic rings. The van der Waals surface area contributed by atoms with Gasteiger partial charge in [-0.2, -0.15) is 0 Å². The van der Waals surface area contributed by atoms with E-state index in [0.717, 1.165) is 22.3 Å². The Kier molecular flexibility index (Phi) is 5.38. The van der Waals surface area contributed by atoms with Gasteiger partial charge in [-0.3, -0.25) is 14.5 Å². The summed E-state index contributed by atoms with van der Waals surface area (Å²) in [6, 6.07) is 11.8. The standard InChI is InChI=1S/C26H25NO5/c1-14-8-9-19(16(3)11-14)27-22(20-7-6-10-32-20)21(24(29)26(27)30)23(28)18-13-15(2)12-17(4)25(18)31-5/h6-13,22,28H,1-5H3/b23-21-. The summed E-state index contributed by atoms with van der Waals surface area (Å²) in [5.41, 5.74) is 4.50. The fourth-order valence-electron chi connectivity index (χ4n) is 4.42. The number of furan rings is 1. The number of anilines is 1. The minimum atomic E-state index is -0.906. The Bertz CT molecular complexity index is 1250. The lowest BCUT2D eigenvalue weighted by Gasteiger charge is -2.25. The van der Waals surface area contributed by atoms with Crippen molar-refractivity contribution < 1.29 is 23.8 Å². The third-order valence-electron chi connectivity index (χ3n) is 5.75. The van der Waals surface area contributed by atoms with Crippen molar-refractivity contribution in [3.8, 4) is 5.75 Å². The fraction of sp³-hybridized carbons (Fsp3) is 0.231. The maximum atomic E-state index is 13.3. The van der Waals surface area contributed by atoms with Gasteiger partial charge in [0.25, 0.3) is 11.7 Å². The van der Waals surface area contributed by atoms with Crippen molar-refractivity contribution in [2.75, 3.05) is 12.0 Å². The van der Waals surface area contributed by atoms with Crippen molar-refractivity contribution in [1.82, 2.24) is 0 Å². The third-order valence-corrected chi connectivity index (χ3v) is 5.75. The van der Waals surface area contributed by atoms with Gasteiger partial charge in [0, 0.05) is 5.69 Å². The molecule has 1 atom stereocenters. The molecule has 0 aliphatic carbocycles. The van der Waals surface area contributed by atoms with Crippen LogP contribution in [0.25, 0.3) is 5.76 Å². The van der Waals surface area contributed by atoms with Gasteiger partial charge in [-0.15, -0.1) is 0 Å². The summed E-state index contributed by atoms with van der Waals surface area (Å²) in [5, 5.41) is 11.4. The molecular weight excluding hydrogens is 406 g/mol. The van der Waals surface area contributed by atoms with Crippen LogP contribution < -0.4 is 9.64 Å². The summed E-state index contributed by atoms with van der Waals surface area (Å²) in [4.78, 5) is 27.9. The zero-order valence-electron chi connectivity index (χ0n) is 18.7. The third kappa shape index (κ3) is 3.38. The second kappa shape index (κ2) is 8.04. The maximum absolute atomic E-state index is 13.3. The molecule has 1 aliphatic heterocycles. The van der Waals surface area contributed by atoms with Crippen molar-refractivity contribution in [3.05, 3.63) is 87.9 Å². The molecule has 0 radical (unpaired) electrons. The number of ketones is 1. The molecule has 6 heteroatoms. The van der Waals surface area contributed by atoms with Crippen molar-refractivity contribution in [1.29, 1.82) is 0 Å². The summed E-state index contributed by atoms with van der Waals surface area (Å²) in [6.45, 7) is 7.59. The minimum Gasteiger partial charge on any atom is -0.507 e. The Morgan fingerprint density at radius 1 is 1.00 bits per heavy atom. The van der Waals surface area contributed by atoms with Crippen LogP contribution in [0.5, 0.6) is 5.75 Å². The average Bonchev–Trinajstić information content (AvgIpc) is 3.35. The van der Waals surface area contributed by atoms with Crippen LogP contribution in [-0.4, -0.2) is 23.9 Å². The lowest BCUT2D eigenvalue weighted by molar-refractivity contribution is -0.132. The van der Waals surface area contributed by atoms with Crippen molar-refractivity contribution in [3.63, 3.8) is 0 Å². The Hall–Kier alpha value is -3.80. The van der Waals surface area contributed by atoms with E-state index in [0.29, 0.717) is 22.8 Å². The first kappa shape index (κ1) is 21.4. The van der Waals surface area contributed by atoms with Crippen molar-refractivity contribution in [2.45, 2.75) is 33.7 Å². The molecule has 2 heterocycles. The van der Waals surface area contributed by atoms with E-state index in [-0.39, 0.29) is 11.3 Å². The van der Waals surface area contributed by atoms with Gasteiger partial charge in [-0.25, -0.2) is 0 Å². The number of aliphatic hydroxyl groups excluding tert-OH is 1. The highest BCUT2D eigenvalue weighted by Gasteiger charge is 2.49. The molecule has 1 N–H and O–H groups in total. The van der Waals surface area contributed by atoms with E-state index in [1.165, 1.54) is 18.3 Å². The molecule has 0 bridgehead atoms. The number of ether oxygens (including phenoxy) is 1. The van der Waals surface area contributed by atoms with Gasteiger partial charge in [-0.1, -0.05) is 23.8 Å². The Morgan fingerprint density at radius 2 is 1.72 bits per heavy atom. The molecular formula is C26H25NO5. The summed E-state index contributed by atoms with van der Waals surface area (Å²) in [6.07, 6.45) is 1.48. The molecule has 6 nitrogen and oxygen atoms in total. The summed E-state index contributed by atoms with van der Waals surface area (Å²) >= 11 is 0. The van der Waals surface area contributed by atoms with Crippen LogP contribution in [0.2, 0.25) is 0 Å². The number of benzene rings is 2. The van der Waals surface area contributed by atoms with Crippen LogP contribution in [0.15, 0.2) is 58.7 Å². The van der Waals surface area contributed by atoms with E-state index >= 15 is 0 Å². The molecule has 164 valence electrons. The van der Waals surface area contributed by atoms with Crippen LogP contribution in [0, 0.1) is 27.7 Å². The second-order valence-corrected chi connectivity index (χ2v) is 8.14. The molecule has 1 saturated heterocycles. The Balaban J connectivity index is 2.00. The first-order valence-electron chi connectivity index (χ1n) is 10.3. The number of aliphatic hydroxyl groups is 1. The molecule has 32 heavy (non-hydrogen) atoms. The van der Waals surface area contributed by atoms with Crippen LogP contribution in [0.4, 0.5) is 5.69 Å². The Morgan fingerprint density at radius 3 is 2.34 bits per heavy atom. The van der Waals surface area contributed by atoms with Crippen molar-refractivity contribution in [2.24, 2.45) is 0 Å². The lowest BCUT2D eigenvalue weighted by atomic mass is 9.96. The molecule has 2 aromatic carbocycles. The topological polar surface area (TPSA) is 80.0 Å². The first-order valence-corrected chi connectivity index (χ1v) is 10.3. The smallest absolute Gasteiger partial charge is 0.300 e. The highest BCUT2D eigenvalue weighted by molar-refractivity contribution is 6.51. The molecule has 0 saturated carbocycles. The van der Waals surface area contributed by atoms with E-state index < -0.39 is 17.7 Å². The van der Waals surface area contributed by atoms with Gasteiger partial charge in [0.2, 0.25) is 0 Å². The van der Waals surface area contributed by atoms with E-state index in [2.05, 4.69) is 0 Å². The highest BCUT2D eigenvalue weighted by Crippen LogP contribution is 2.44. The molecule has 1 fully saturated rings. The van der Waals surface area contributed by atoms with E-state index in [4.69, 9.17) is 9.15 Å². The summed E-state index contributed by atoms with van der Waals surface area (Å²) in [5.74, 6) is -0.952. The van der Waals surface area contributed by atoms with Crippen LogP contribution in [0.1, 0.15) is 39.6 Å². The summed E-state index contributed by atoms with van der Waals surface area (Å²) < 4.78 is 11.1. The number of Topliss-reactive ketones (excluding diaryl/α,β-unsaturated/α-hetero) is 1. The number of hydrogen-bond acceptors (Lipinski definition) is 5. The molecule has 1 unspecified atom stereocenters. The predicted octanol–water partition coefficient (Wildman–Crippen LogP) is 5.15. The van der Waals surface area contributed by atoms with Crippen molar-refractivity contribution >= 4 is 23.1 Å². The number of carbonyl (C=O) groups excluding carboxylic acids is 2. The summed E-state index contributed by atoms with van der Waals surface area (Å²) in [7, 11) is 1.51. The predicted molar refractivity (Wildman–Crippen MR) is 122 cm³/mol. The van der Waals surface area contributed by atoms with Gasteiger partial charge in [0.05, 0.1) is 24.5 Å². The van der Waals surface area contributed by atoms with Gasteiger partial charge < -0.3 is 14.3 Å². The van der Waals surface area contributed by atoms with Gasteiger partial charge in [0.1, 0.15) is 23.3 Å². The van der Waals surface area contributed by atoms with E-state index in [1.54, 1.807) is 18.2 Å². The normalized spacial score (nSPS) is 17.8. The van der Waals surface area contributed by atoms with Crippen LogP contribution >= 0.6 is 0 Å². The number of carbonyl (C=O) groups is 2. The number of hydrogen-bond donors (Lipinski definition) is 1. The second-order valence-electron chi connectivity index (χ2n) is 8.14. The highest BCUT2D eigenvalue weighted by atomic mass is 16.5. The van der Waals surface area contributed by atoms with Gasteiger partial charge >= 0.3 is 0 Å². The van der Waals surface area contributed by atoms with Gasteiger partial charge in [-0.05, 0) is 68.7 Å². The maximum Gasteiger partial charge on any atom is 0.300 e. The monoisotopic (exact) mass is 431 g/mol. The van der Waals surface area contributed by atoms with Crippen LogP contribution in [0.3, 0.4) is 0 Å². The number of rotatable bonds is 4. The van der Waals surface area contributed by atoms with Crippen LogP contribution in [-0.2, 0) is 9.59 Å². The number of aryl methyl sites for hydroxylation is 4. The number of nitrogens with zero attached hydrogens (tertiary/aromatic N) is 1.